The van der Waals surface area contributed by atoms with Gasteiger partial charge >= 0.3 is 6.18 Å². The van der Waals surface area contributed by atoms with E-state index in [4.69, 9.17) is 0 Å². The maximum absolute atomic E-state index is 13.6. The van der Waals surface area contributed by atoms with Crippen molar-refractivity contribution in [3.8, 4) is 0 Å². The minimum atomic E-state index is -4.44. The van der Waals surface area contributed by atoms with Crippen molar-refractivity contribution >= 4 is 45.6 Å². The first kappa shape index (κ1) is 28.0. The molecule has 1 amide bonds. The van der Waals surface area contributed by atoms with Crippen LogP contribution < -0.4 is 4.90 Å². The number of hydrogen-bond donors (Lipinski definition) is 0. The molecule has 0 spiro atoms. The maximum Gasteiger partial charge on any atom is 0.416 e. The number of amides is 1. The van der Waals surface area contributed by atoms with Gasteiger partial charge < -0.3 is 0 Å². The zero-order chi connectivity index (χ0) is 28.8. The molecule has 3 aromatic rings. The summed E-state index contributed by atoms with van der Waals surface area (Å²) in [4.78, 5) is 39.3. The fraction of sp³-hybridized carbons (Fsp3) is 0.333. The smallest absolute Gasteiger partial charge is 0.294 e. The molecule has 0 saturated carbocycles. The molecule has 1 atom stereocenters. The van der Waals surface area contributed by atoms with Gasteiger partial charge in [-0.2, -0.15) is 13.2 Å². The molecule has 13 heteroatoms. The molecule has 1 aliphatic carbocycles. The molecule has 1 aromatic heterocycles. The molecule has 0 radical (unpaired) electrons. The van der Waals surface area contributed by atoms with Gasteiger partial charge in [0, 0.05) is 47.9 Å². The van der Waals surface area contributed by atoms with E-state index in [9.17, 15) is 32.9 Å². The molecular formula is C27H23F3N4O4S2. The molecule has 0 N–H and O–H groups in total. The number of benzene rings is 2. The molecule has 0 saturated heterocycles. The number of thioether (sulfide) groups is 1. The van der Waals surface area contributed by atoms with E-state index in [1.807, 2.05) is 13.8 Å². The highest BCUT2D eigenvalue weighted by molar-refractivity contribution is 8.00. The monoisotopic (exact) mass is 588 g/mol. The van der Waals surface area contributed by atoms with Gasteiger partial charge in [0.15, 0.2) is 10.1 Å². The fourth-order valence-corrected chi connectivity index (χ4v) is 6.94. The van der Waals surface area contributed by atoms with Crippen LogP contribution in [0.2, 0.25) is 0 Å². The predicted molar refractivity (Wildman–Crippen MR) is 144 cm³/mol. The second-order valence-corrected chi connectivity index (χ2v) is 12.7. The van der Waals surface area contributed by atoms with Crippen LogP contribution in [0.5, 0.6) is 0 Å². The fourth-order valence-electron chi connectivity index (χ4n) is 5.11. The number of allylic oxidation sites excluding steroid dienone is 2. The van der Waals surface area contributed by atoms with E-state index in [1.54, 1.807) is 18.2 Å². The number of alkyl halides is 3. The number of non-ortho nitro benzene ring substituents is 1. The van der Waals surface area contributed by atoms with Crippen molar-refractivity contribution in [1.82, 2.24) is 10.2 Å². The lowest BCUT2D eigenvalue weighted by Crippen LogP contribution is -2.43. The lowest BCUT2D eigenvalue weighted by atomic mass is 9.69. The molecule has 2 heterocycles. The average molecular weight is 589 g/mol. The molecule has 8 nitrogen and oxygen atoms in total. The Hall–Kier alpha value is -3.58. The summed E-state index contributed by atoms with van der Waals surface area (Å²) < 4.78 is 39.7. The summed E-state index contributed by atoms with van der Waals surface area (Å²) in [5, 5.41) is 20.0. The van der Waals surface area contributed by atoms with E-state index in [0.717, 1.165) is 23.5 Å². The highest BCUT2D eigenvalue weighted by atomic mass is 32.2. The first-order valence-electron chi connectivity index (χ1n) is 12.3. The number of nitrogens with zero attached hydrogens (tertiary/aromatic N) is 4. The molecule has 40 heavy (non-hydrogen) atoms. The van der Waals surface area contributed by atoms with Gasteiger partial charge in [-0.15, -0.1) is 10.2 Å². The van der Waals surface area contributed by atoms with Crippen LogP contribution >= 0.6 is 23.1 Å². The second kappa shape index (κ2) is 10.4. The van der Waals surface area contributed by atoms with Crippen molar-refractivity contribution in [2.24, 2.45) is 5.41 Å². The molecule has 2 aliphatic rings. The number of nitro benzene ring substituents is 1. The maximum atomic E-state index is 13.6. The largest absolute Gasteiger partial charge is 0.416 e. The SMILES string of the molecule is CC1(C)CC(=O)C2=C(C1)N(c1nnc(SCc3cccc(C(F)(F)F)c3)s1)C(=O)C[C@@H]2c1cccc([N+](=O)[O-])c1. The van der Waals surface area contributed by atoms with Crippen molar-refractivity contribution in [3.63, 3.8) is 0 Å². The number of hydrogen-bond acceptors (Lipinski definition) is 8. The van der Waals surface area contributed by atoms with Crippen molar-refractivity contribution in [2.75, 3.05) is 4.90 Å². The number of carbonyl (C=O) groups is 2. The molecule has 2 aromatic carbocycles. The quantitative estimate of drug-likeness (QED) is 0.133. The van der Waals surface area contributed by atoms with E-state index >= 15 is 0 Å². The summed E-state index contributed by atoms with van der Waals surface area (Å²) in [5.74, 6) is -0.832. The predicted octanol–water partition coefficient (Wildman–Crippen LogP) is 6.92. The van der Waals surface area contributed by atoms with Gasteiger partial charge in [0.25, 0.3) is 5.69 Å². The van der Waals surface area contributed by atoms with Crippen LogP contribution in [0.4, 0.5) is 24.0 Å². The Balaban J connectivity index is 1.46. The minimum Gasteiger partial charge on any atom is -0.294 e. The minimum absolute atomic E-state index is 0.0710. The Morgan fingerprint density at radius 3 is 2.60 bits per heavy atom. The first-order valence-corrected chi connectivity index (χ1v) is 14.1. The van der Waals surface area contributed by atoms with Gasteiger partial charge in [0.2, 0.25) is 11.0 Å². The Morgan fingerprint density at radius 2 is 1.88 bits per heavy atom. The summed E-state index contributed by atoms with van der Waals surface area (Å²) >= 11 is 2.32. The van der Waals surface area contributed by atoms with Crippen LogP contribution in [0.15, 0.2) is 64.1 Å². The summed E-state index contributed by atoms with van der Waals surface area (Å²) in [7, 11) is 0. The third-order valence-electron chi connectivity index (χ3n) is 6.83. The number of rotatable bonds is 6. The number of halogens is 3. The highest BCUT2D eigenvalue weighted by Crippen LogP contribution is 2.49. The summed E-state index contributed by atoms with van der Waals surface area (Å²) in [6, 6.07) is 11.0. The molecular weight excluding hydrogens is 565 g/mol. The molecule has 1 aliphatic heterocycles. The van der Waals surface area contributed by atoms with Crippen molar-refractivity contribution in [1.29, 1.82) is 0 Å². The van der Waals surface area contributed by atoms with E-state index < -0.39 is 28.0 Å². The highest BCUT2D eigenvalue weighted by Gasteiger charge is 2.45. The number of nitro groups is 1. The van der Waals surface area contributed by atoms with E-state index in [1.165, 1.54) is 34.9 Å². The van der Waals surface area contributed by atoms with Crippen molar-refractivity contribution in [2.45, 2.75) is 55.3 Å². The van der Waals surface area contributed by atoms with Gasteiger partial charge in [-0.3, -0.25) is 24.6 Å². The van der Waals surface area contributed by atoms with Crippen LogP contribution in [0.25, 0.3) is 0 Å². The van der Waals surface area contributed by atoms with Crippen LogP contribution in [0.3, 0.4) is 0 Å². The lowest BCUT2D eigenvalue weighted by molar-refractivity contribution is -0.384. The first-order chi connectivity index (χ1) is 18.8. The normalized spacial score (nSPS) is 19.1. The Labute approximate surface area is 235 Å². The summed E-state index contributed by atoms with van der Waals surface area (Å²) in [5.41, 5.74) is 0.680. The van der Waals surface area contributed by atoms with Crippen LogP contribution in [-0.2, 0) is 21.5 Å². The van der Waals surface area contributed by atoms with Crippen molar-refractivity contribution < 1.29 is 27.7 Å². The molecule has 208 valence electrons. The summed E-state index contributed by atoms with van der Waals surface area (Å²) in [6.45, 7) is 3.87. The second-order valence-electron chi connectivity index (χ2n) is 10.5. The van der Waals surface area contributed by atoms with Gasteiger partial charge in [0.1, 0.15) is 0 Å². The standard InChI is InChI=1S/C27H23F3N4O4S2/c1-26(2)12-20-23(21(35)13-26)19(16-6-4-8-18(10-16)34(37)38)11-22(36)33(20)24-31-32-25(40-24)39-14-15-5-3-7-17(9-15)27(28,29)30/h3-10,19H,11-14H2,1-2H3/t19-/m1/s1. The van der Waals surface area contributed by atoms with E-state index in [0.29, 0.717) is 33.2 Å². The molecule has 5 rings (SSSR count). The topological polar surface area (TPSA) is 106 Å². The number of Topliss-reactive ketones (excluding diaryl/α,β-unsaturated/α-hetero) is 1. The van der Waals surface area contributed by atoms with Gasteiger partial charge in [-0.05, 0) is 29.0 Å². The zero-order valence-corrected chi connectivity index (χ0v) is 23.0. The molecule has 0 unspecified atom stereocenters. The van der Waals surface area contributed by atoms with Crippen LogP contribution in [-0.4, -0.2) is 26.8 Å². The summed E-state index contributed by atoms with van der Waals surface area (Å²) in [6.07, 6.45) is -3.83. The number of anilines is 1. The van der Waals surface area contributed by atoms with E-state index in [2.05, 4.69) is 10.2 Å². The Kier molecular flexibility index (Phi) is 7.29. The third kappa shape index (κ3) is 5.66. The molecule has 0 bridgehead atoms. The van der Waals surface area contributed by atoms with Crippen LogP contribution in [0.1, 0.15) is 55.7 Å². The number of carbonyl (C=O) groups excluding carboxylic acids is 2. The lowest BCUT2D eigenvalue weighted by Gasteiger charge is -2.41. The number of aromatic nitrogens is 2. The van der Waals surface area contributed by atoms with Crippen molar-refractivity contribution in [3.05, 3.63) is 86.6 Å². The van der Waals surface area contributed by atoms with Gasteiger partial charge in [-0.1, -0.05) is 67.3 Å². The number of ketones is 1. The van der Waals surface area contributed by atoms with Gasteiger partial charge in [-0.25, -0.2) is 0 Å². The average Bonchev–Trinajstić information content (AvgIpc) is 3.34. The third-order valence-corrected chi connectivity index (χ3v) is 8.94. The Morgan fingerprint density at radius 1 is 1.12 bits per heavy atom. The molecule has 0 fully saturated rings. The van der Waals surface area contributed by atoms with E-state index in [-0.39, 0.29) is 41.1 Å². The van der Waals surface area contributed by atoms with Crippen LogP contribution in [0, 0.1) is 15.5 Å². The zero-order valence-electron chi connectivity index (χ0n) is 21.4. The van der Waals surface area contributed by atoms with Gasteiger partial charge in [0.05, 0.1) is 10.5 Å². The Bertz CT molecular complexity index is 1550.